The van der Waals surface area contributed by atoms with Crippen molar-refractivity contribution in [3.63, 3.8) is 0 Å². The zero-order valence-corrected chi connectivity index (χ0v) is 19.9. The van der Waals surface area contributed by atoms with E-state index in [1.807, 2.05) is 51.2 Å². The predicted molar refractivity (Wildman–Crippen MR) is 129 cm³/mol. The molecule has 2 fully saturated rings. The van der Waals surface area contributed by atoms with Crippen LogP contribution >= 0.6 is 11.6 Å². The smallest absolute Gasteiger partial charge is 0.250 e. The number of carbonyl (C=O) groups excluding carboxylic acids is 3. The second kappa shape index (κ2) is 6.93. The summed E-state index contributed by atoms with van der Waals surface area (Å²) in [6.45, 7) is 5.54. The van der Waals surface area contributed by atoms with Crippen LogP contribution in [0.5, 0.6) is 0 Å². The Labute approximate surface area is 201 Å². The van der Waals surface area contributed by atoms with Crippen molar-refractivity contribution in [3.05, 3.63) is 64.8 Å². The van der Waals surface area contributed by atoms with Crippen LogP contribution in [0, 0.1) is 11.8 Å². The lowest BCUT2D eigenvalue weighted by atomic mass is 9.76. The minimum atomic E-state index is -1.35. The van der Waals surface area contributed by atoms with E-state index >= 15 is 0 Å². The number of H-pyrrole nitrogens is 1. The highest BCUT2D eigenvalue weighted by Crippen LogP contribution is 2.54. The normalized spacial score (nSPS) is 28.2. The van der Waals surface area contributed by atoms with E-state index in [0.717, 1.165) is 16.5 Å². The fourth-order valence-corrected chi connectivity index (χ4v) is 6.32. The van der Waals surface area contributed by atoms with Crippen molar-refractivity contribution in [1.29, 1.82) is 0 Å². The van der Waals surface area contributed by atoms with Gasteiger partial charge in [0.15, 0.2) is 0 Å². The molecule has 3 amide bonds. The van der Waals surface area contributed by atoms with Gasteiger partial charge in [-0.3, -0.25) is 24.6 Å². The van der Waals surface area contributed by atoms with E-state index in [-0.39, 0.29) is 17.7 Å². The molecule has 2 unspecified atom stereocenters. The van der Waals surface area contributed by atoms with Gasteiger partial charge in [-0.05, 0) is 57.0 Å². The maximum atomic E-state index is 13.9. The summed E-state index contributed by atoms with van der Waals surface area (Å²) in [7, 11) is 0. The molecule has 4 heterocycles. The van der Waals surface area contributed by atoms with Gasteiger partial charge in [0.1, 0.15) is 5.54 Å². The van der Waals surface area contributed by atoms with Gasteiger partial charge in [-0.1, -0.05) is 29.8 Å². The molecule has 7 nitrogen and oxygen atoms in total. The third kappa shape index (κ3) is 2.71. The Morgan fingerprint density at radius 2 is 1.82 bits per heavy atom. The van der Waals surface area contributed by atoms with Crippen LogP contribution in [0.15, 0.2) is 48.7 Å². The van der Waals surface area contributed by atoms with Gasteiger partial charge in [-0.15, -0.1) is 0 Å². The molecule has 3 aliphatic rings. The summed E-state index contributed by atoms with van der Waals surface area (Å²) in [5, 5.41) is 7.93. The molecule has 174 valence electrons. The molecular weight excluding hydrogens is 452 g/mol. The van der Waals surface area contributed by atoms with Crippen molar-refractivity contribution in [2.24, 2.45) is 11.8 Å². The number of likely N-dealkylation sites (tertiary alicyclic amines) is 1. The van der Waals surface area contributed by atoms with Crippen LogP contribution in [0.3, 0.4) is 0 Å². The Hall–Kier alpha value is -3.16. The van der Waals surface area contributed by atoms with Crippen LogP contribution in [0.1, 0.15) is 31.9 Å². The number of hydrogen-bond acceptors (Lipinski definition) is 4. The zero-order chi connectivity index (χ0) is 24.0. The topological polar surface area (TPSA) is 94.3 Å². The molecule has 0 bridgehead atoms. The molecule has 0 aliphatic carbocycles. The first kappa shape index (κ1) is 21.4. The molecule has 8 heteroatoms. The Balaban J connectivity index is 1.51. The average molecular weight is 477 g/mol. The largest absolute Gasteiger partial charge is 0.361 e. The van der Waals surface area contributed by atoms with Crippen LogP contribution in [0.2, 0.25) is 5.02 Å². The molecule has 6 rings (SSSR count). The third-order valence-corrected chi connectivity index (χ3v) is 7.70. The second-order valence-corrected chi connectivity index (χ2v) is 10.9. The van der Waals surface area contributed by atoms with E-state index < -0.39 is 29.0 Å². The van der Waals surface area contributed by atoms with Gasteiger partial charge in [0, 0.05) is 45.0 Å². The number of fused-ring (bicyclic) bond motifs is 5. The van der Waals surface area contributed by atoms with E-state index in [2.05, 4.69) is 15.6 Å². The van der Waals surface area contributed by atoms with Crippen LogP contribution in [-0.2, 0) is 26.3 Å². The number of aromatic nitrogens is 1. The van der Waals surface area contributed by atoms with Gasteiger partial charge >= 0.3 is 0 Å². The number of carbonyl (C=O) groups is 3. The van der Waals surface area contributed by atoms with Crippen molar-refractivity contribution >= 4 is 45.9 Å². The van der Waals surface area contributed by atoms with Crippen molar-refractivity contribution in [2.75, 3.05) is 5.32 Å². The minimum absolute atomic E-state index is 0.236. The lowest BCUT2D eigenvalue weighted by Crippen LogP contribution is -2.56. The van der Waals surface area contributed by atoms with E-state index in [0.29, 0.717) is 22.7 Å². The van der Waals surface area contributed by atoms with Crippen LogP contribution in [0.4, 0.5) is 5.69 Å². The molecule has 2 aromatic carbocycles. The Morgan fingerprint density at radius 1 is 1.06 bits per heavy atom. The first-order valence-corrected chi connectivity index (χ1v) is 11.8. The Morgan fingerprint density at radius 3 is 2.59 bits per heavy atom. The number of aromatic amines is 1. The van der Waals surface area contributed by atoms with E-state index in [1.165, 1.54) is 4.90 Å². The van der Waals surface area contributed by atoms with Gasteiger partial charge < -0.3 is 10.3 Å². The lowest BCUT2D eigenvalue weighted by molar-refractivity contribution is -0.147. The lowest BCUT2D eigenvalue weighted by Gasteiger charge is -2.34. The zero-order valence-electron chi connectivity index (χ0n) is 19.1. The number of amides is 3. The molecule has 0 saturated carbocycles. The number of para-hydroxylation sites is 1. The molecule has 4 atom stereocenters. The summed E-state index contributed by atoms with van der Waals surface area (Å²) < 4.78 is 0. The molecule has 2 saturated heterocycles. The average Bonchev–Trinajstić information content (AvgIpc) is 3.47. The summed E-state index contributed by atoms with van der Waals surface area (Å²) >= 11 is 6.33. The van der Waals surface area contributed by atoms with Crippen molar-refractivity contribution in [2.45, 2.75) is 44.3 Å². The van der Waals surface area contributed by atoms with Crippen LogP contribution in [-0.4, -0.2) is 39.2 Å². The van der Waals surface area contributed by atoms with Crippen LogP contribution in [0.25, 0.3) is 10.9 Å². The SMILES string of the molecule is CC(C)(C)N1C(=O)[C@@H]2C(Cc3c[nH]c4ccccc34)NC3(C(=O)Nc4ccc(Cl)cc43)[C@@H]2C1=O. The summed E-state index contributed by atoms with van der Waals surface area (Å²) in [6.07, 6.45) is 2.43. The fourth-order valence-electron chi connectivity index (χ4n) is 6.15. The summed E-state index contributed by atoms with van der Waals surface area (Å²) in [5.74, 6) is -2.40. The first-order valence-electron chi connectivity index (χ1n) is 11.4. The third-order valence-electron chi connectivity index (χ3n) is 7.46. The van der Waals surface area contributed by atoms with E-state index in [4.69, 9.17) is 11.6 Å². The van der Waals surface area contributed by atoms with Crippen molar-refractivity contribution < 1.29 is 14.4 Å². The number of nitrogens with zero attached hydrogens (tertiary/aromatic N) is 1. The minimum Gasteiger partial charge on any atom is -0.361 e. The van der Waals surface area contributed by atoms with Gasteiger partial charge in [0.25, 0.3) is 0 Å². The number of imide groups is 1. The quantitative estimate of drug-likeness (QED) is 0.493. The maximum absolute atomic E-state index is 13.9. The number of anilines is 1. The van der Waals surface area contributed by atoms with E-state index in [9.17, 15) is 14.4 Å². The summed E-state index contributed by atoms with van der Waals surface area (Å²) in [5.41, 5.74) is 1.22. The second-order valence-electron chi connectivity index (χ2n) is 10.5. The molecule has 3 N–H and O–H groups in total. The molecule has 1 aromatic heterocycles. The molecule has 3 aromatic rings. The molecular formula is C26H25ClN4O3. The monoisotopic (exact) mass is 476 g/mol. The highest BCUT2D eigenvalue weighted by atomic mass is 35.5. The van der Waals surface area contributed by atoms with Gasteiger partial charge in [-0.25, -0.2) is 0 Å². The Kier molecular flexibility index (Phi) is 4.36. The number of halogens is 1. The number of rotatable bonds is 2. The standard InChI is InChI=1S/C26H25ClN4O3/c1-25(2,3)31-22(32)20-19(10-13-12-28-17-7-5-4-6-15(13)17)30-26(21(20)23(31)33)16-11-14(27)8-9-18(16)29-24(26)34/h4-9,11-12,19-21,28,30H,10H2,1-3H3,(H,29,34)/t19?,20-,21+,26?/m1/s1. The number of benzene rings is 2. The van der Waals surface area contributed by atoms with Gasteiger partial charge in [0.05, 0.1) is 11.8 Å². The van der Waals surface area contributed by atoms with E-state index in [1.54, 1.807) is 18.2 Å². The predicted octanol–water partition coefficient (Wildman–Crippen LogP) is 3.58. The first-order chi connectivity index (χ1) is 16.1. The molecule has 34 heavy (non-hydrogen) atoms. The molecule has 1 spiro atoms. The van der Waals surface area contributed by atoms with Gasteiger partial charge in [0.2, 0.25) is 17.7 Å². The van der Waals surface area contributed by atoms with Crippen LogP contribution < -0.4 is 10.6 Å². The molecule has 0 radical (unpaired) electrons. The highest BCUT2D eigenvalue weighted by molar-refractivity contribution is 6.31. The number of hydrogen-bond donors (Lipinski definition) is 3. The maximum Gasteiger partial charge on any atom is 0.250 e. The summed E-state index contributed by atoms with van der Waals surface area (Å²) in [6, 6.07) is 12.7. The summed E-state index contributed by atoms with van der Waals surface area (Å²) in [4.78, 5) is 45.8. The fraction of sp³-hybridized carbons (Fsp3) is 0.346. The van der Waals surface area contributed by atoms with Crippen molar-refractivity contribution in [1.82, 2.24) is 15.2 Å². The highest BCUT2D eigenvalue weighted by Gasteiger charge is 2.71. The number of nitrogens with one attached hydrogen (secondary N) is 3. The van der Waals surface area contributed by atoms with Gasteiger partial charge in [-0.2, -0.15) is 0 Å². The molecule has 3 aliphatic heterocycles. The Bertz CT molecular complexity index is 1390. The van der Waals surface area contributed by atoms with Crippen molar-refractivity contribution in [3.8, 4) is 0 Å².